The highest BCUT2D eigenvalue weighted by atomic mass is 28.4. The lowest BCUT2D eigenvalue weighted by Crippen LogP contribution is -2.44. The fourth-order valence-electron chi connectivity index (χ4n) is 3.19. The molecule has 0 fully saturated rings. The maximum Gasteiger partial charge on any atom is 0.252 e. The van der Waals surface area contributed by atoms with Crippen molar-refractivity contribution in [3.63, 3.8) is 0 Å². The van der Waals surface area contributed by atoms with Crippen molar-refractivity contribution in [2.75, 3.05) is 0 Å². The van der Waals surface area contributed by atoms with Crippen LogP contribution in [-0.2, 0) is 0 Å². The third-order valence-corrected chi connectivity index (χ3v) is 10.2. The van der Waals surface area contributed by atoms with Crippen LogP contribution in [-0.4, -0.2) is 17.7 Å². The molecule has 0 aliphatic rings. The number of hydrogen-bond donors (Lipinski definition) is 0. The summed E-state index contributed by atoms with van der Waals surface area (Å²) in [5, 5.41) is 0.0939. The second-order valence-electron chi connectivity index (χ2n) is 8.97. The largest absolute Gasteiger partial charge is 0.531 e. The lowest BCUT2D eigenvalue weighted by molar-refractivity contribution is 0.472. The highest BCUT2D eigenvalue weighted by molar-refractivity contribution is 6.74. The number of nitrogens with zero attached hydrogens (tertiary/aromatic N) is 2. The average molecular weight is 401 g/mol. The molecule has 0 saturated heterocycles. The summed E-state index contributed by atoms with van der Waals surface area (Å²) in [4.78, 5) is 5.03. The van der Waals surface area contributed by atoms with Crippen LogP contribution >= 0.6 is 0 Å². The average Bonchev–Trinajstić information content (AvgIpc) is 3.17. The molecule has 0 aliphatic heterocycles. The van der Waals surface area contributed by atoms with Crippen LogP contribution in [0.4, 0.5) is 0 Å². The van der Waals surface area contributed by atoms with Crippen molar-refractivity contribution in [1.29, 1.82) is 0 Å². The summed E-state index contributed by atoms with van der Waals surface area (Å²) in [7, 11) is -2.07. The molecule has 0 radical (unpaired) electrons. The fourth-order valence-corrected chi connectivity index (χ4v) is 4.18. The monoisotopic (exact) mass is 400 g/mol. The summed E-state index contributed by atoms with van der Waals surface area (Å²) >= 11 is 0. The lowest BCUT2D eigenvalue weighted by atomic mass is 10.00. The number of benzene rings is 2. The summed E-state index contributed by atoms with van der Waals surface area (Å²) in [6, 6.07) is 24.9. The van der Waals surface area contributed by atoms with E-state index in [9.17, 15) is 0 Å². The van der Waals surface area contributed by atoms with Gasteiger partial charge in [0.1, 0.15) is 5.65 Å². The fraction of sp³-hybridized carbons (Fsp3) is 0.240. The molecule has 2 aromatic carbocycles. The molecule has 0 bridgehead atoms. The maximum absolute atomic E-state index is 6.95. The van der Waals surface area contributed by atoms with Crippen LogP contribution in [0.5, 0.6) is 5.88 Å². The molecule has 0 spiro atoms. The first kappa shape index (κ1) is 19.5. The van der Waals surface area contributed by atoms with Gasteiger partial charge in [-0.3, -0.25) is 4.40 Å². The zero-order valence-electron chi connectivity index (χ0n) is 17.8. The van der Waals surface area contributed by atoms with Gasteiger partial charge >= 0.3 is 0 Å². The van der Waals surface area contributed by atoms with Crippen LogP contribution in [0.2, 0.25) is 18.1 Å². The van der Waals surface area contributed by atoms with Gasteiger partial charge in [-0.15, -0.1) is 0 Å². The summed E-state index contributed by atoms with van der Waals surface area (Å²) in [6.07, 6.45) is 2.05. The molecule has 148 valence electrons. The van der Waals surface area contributed by atoms with Gasteiger partial charge in [-0.2, -0.15) is 0 Å². The standard InChI is InChI=1S/C25H28N2OSi/c1-25(2,3)29(4,5)28-24-22(19-13-8-6-9-14-19)23(20-15-10-7-11-16-20)26-21-17-12-18-27(21)24/h6-18H,1-5H3. The van der Waals surface area contributed by atoms with Gasteiger partial charge in [-0.25, -0.2) is 4.98 Å². The molecule has 0 saturated carbocycles. The number of hydrogen-bond acceptors (Lipinski definition) is 2. The first-order chi connectivity index (χ1) is 13.8. The van der Waals surface area contributed by atoms with Crippen molar-refractivity contribution in [3.8, 4) is 28.3 Å². The maximum atomic E-state index is 6.95. The van der Waals surface area contributed by atoms with Crippen molar-refractivity contribution in [1.82, 2.24) is 9.38 Å². The van der Waals surface area contributed by atoms with Crippen LogP contribution in [0.25, 0.3) is 28.0 Å². The van der Waals surface area contributed by atoms with E-state index in [1.54, 1.807) is 0 Å². The molecule has 29 heavy (non-hydrogen) atoms. The Morgan fingerprint density at radius 2 is 1.38 bits per heavy atom. The zero-order valence-corrected chi connectivity index (χ0v) is 18.8. The van der Waals surface area contributed by atoms with Gasteiger partial charge in [-0.05, 0) is 35.8 Å². The van der Waals surface area contributed by atoms with E-state index in [0.717, 1.165) is 33.9 Å². The van der Waals surface area contributed by atoms with Crippen molar-refractivity contribution in [2.24, 2.45) is 0 Å². The van der Waals surface area contributed by atoms with E-state index in [1.165, 1.54) is 0 Å². The lowest BCUT2D eigenvalue weighted by Gasteiger charge is -2.37. The molecular weight excluding hydrogens is 372 g/mol. The van der Waals surface area contributed by atoms with E-state index >= 15 is 0 Å². The van der Waals surface area contributed by atoms with Crippen LogP contribution < -0.4 is 4.43 Å². The number of fused-ring (bicyclic) bond motifs is 1. The summed E-state index contributed by atoms with van der Waals surface area (Å²) in [5.74, 6) is 0.886. The van der Waals surface area contributed by atoms with E-state index in [-0.39, 0.29) is 5.04 Å². The molecule has 2 aromatic heterocycles. The molecule has 0 unspecified atom stereocenters. The van der Waals surface area contributed by atoms with Gasteiger partial charge in [0.2, 0.25) is 0 Å². The van der Waals surface area contributed by atoms with Crippen LogP contribution in [0.1, 0.15) is 20.8 Å². The van der Waals surface area contributed by atoms with E-state index in [1.807, 2.05) is 30.5 Å². The molecule has 3 nitrogen and oxygen atoms in total. The first-order valence-electron chi connectivity index (χ1n) is 10.1. The van der Waals surface area contributed by atoms with E-state index in [2.05, 4.69) is 86.8 Å². The highest BCUT2D eigenvalue weighted by Crippen LogP contribution is 2.43. The van der Waals surface area contributed by atoms with Crippen molar-refractivity contribution >= 4 is 14.0 Å². The predicted octanol–water partition coefficient (Wildman–Crippen LogP) is 7.05. The van der Waals surface area contributed by atoms with Crippen LogP contribution in [0.15, 0.2) is 79.0 Å². The Hall–Kier alpha value is -2.85. The van der Waals surface area contributed by atoms with Crippen LogP contribution in [0.3, 0.4) is 0 Å². The quantitative estimate of drug-likeness (QED) is 0.343. The minimum absolute atomic E-state index is 0.0939. The molecule has 0 aliphatic carbocycles. The molecule has 4 rings (SSSR count). The minimum atomic E-state index is -2.07. The van der Waals surface area contributed by atoms with Crippen LogP contribution in [0, 0.1) is 0 Å². The molecule has 2 heterocycles. The Balaban J connectivity index is 2.06. The molecular formula is C25H28N2OSi. The molecule has 0 atom stereocenters. The van der Waals surface area contributed by atoms with E-state index in [0.29, 0.717) is 0 Å². The Morgan fingerprint density at radius 3 is 1.97 bits per heavy atom. The Kier molecular flexibility index (Phi) is 4.83. The van der Waals surface area contributed by atoms with Crippen molar-refractivity contribution in [3.05, 3.63) is 79.0 Å². The topological polar surface area (TPSA) is 26.5 Å². The SMILES string of the molecule is CC(C)(C)[Si](C)(C)Oc1c(-c2ccccc2)c(-c2ccccc2)nc2cccn12. The Morgan fingerprint density at radius 1 is 0.793 bits per heavy atom. The van der Waals surface area contributed by atoms with E-state index in [4.69, 9.17) is 9.41 Å². The first-order valence-corrected chi connectivity index (χ1v) is 13.0. The minimum Gasteiger partial charge on any atom is -0.531 e. The van der Waals surface area contributed by atoms with Gasteiger partial charge in [-0.1, -0.05) is 81.4 Å². The zero-order chi connectivity index (χ0) is 20.6. The predicted molar refractivity (Wildman–Crippen MR) is 124 cm³/mol. The van der Waals surface area contributed by atoms with Crippen molar-refractivity contribution < 1.29 is 4.43 Å². The summed E-state index contributed by atoms with van der Waals surface area (Å²) in [5.41, 5.74) is 5.11. The molecule has 0 N–H and O–H groups in total. The van der Waals surface area contributed by atoms with Gasteiger partial charge in [0.05, 0.1) is 11.3 Å². The Bertz CT molecular complexity index is 1130. The van der Waals surface area contributed by atoms with Gasteiger partial charge < -0.3 is 4.43 Å². The molecule has 0 amide bonds. The third-order valence-electron chi connectivity index (χ3n) is 5.89. The van der Waals surface area contributed by atoms with Crippen molar-refractivity contribution in [2.45, 2.75) is 38.9 Å². The number of aromatic nitrogens is 2. The second kappa shape index (κ2) is 7.19. The Labute approximate surface area is 174 Å². The van der Waals surface area contributed by atoms with E-state index < -0.39 is 8.32 Å². The molecule has 4 aromatic rings. The molecule has 4 heteroatoms. The third kappa shape index (κ3) is 3.60. The highest BCUT2D eigenvalue weighted by Gasteiger charge is 2.40. The smallest absolute Gasteiger partial charge is 0.252 e. The van der Waals surface area contributed by atoms with Gasteiger partial charge in [0.15, 0.2) is 5.88 Å². The number of rotatable bonds is 4. The van der Waals surface area contributed by atoms with Gasteiger partial charge in [0.25, 0.3) is 8.32 Å². The summed E-state index contributed by atoms with van der Waals surface area (Å²) < 4.78 is 9.04. The van der Waals surface area contributed by atoms with Gasteiger partial charge in [0, 0.05) is 11.8 Å². The summed E-state index contributed by atoms with van der Waals surface area (Å²) in [6.45, 7) is 11.4. The second-order valence-corrected chi connectivity index (χ2v) is 13.7. The normalized spacial score (nSPS) is 12.3.